The highest BCUT2D eigenvalue weighted by molar-refractivity contribution is 6.31. The number of pyridine rings is 1. The normalized spacial score (nSPS) is 17.4. The highest BCUT2D eigenvalue weighted by Gasteiger charge is 2.30. The predicted molar refractivity (Wildman–Crippen MR) is 97.6 cm³/mol. The van der Waals surface area contributed by atoms with Gasteiger partial charge in [-0.2, -0.15) is 0 Å². The van der Waals surface area contributed by atoms with Gasteiger partial charge in [0.05, 0.1) is 6.42 Å². The van der Waals surface area contributed by atoms with Crippen molar-refractivity contribution in [2.24, 2.45) is 7.05 Å². The molecular weight excluding hydrogens is 336 g/mol. The third kappa shape index (κ3) is 3.00. The summed E-state index contributed by atoms with van der Waals surface area (Å²) in [6.07, 6.45) is 3.05. The lowest BCUT2D eigenvalue weighted by Crippen LogP contribution is -2.30. The van der Waals surface area contributed by atoms with Crippen LogP contribution in [0.4, 0.5) is 0 Å². The van der Waals surface area contributed by atoms with Crippen molar-refractivity contribution in [3.05, 3.63) is 59.0 Å². The molecule has 1 amide bonds. The summed E-state index contributed by atoms with van der Waals surface area (Å²) in [6.45, 7) is 1.45. The van der Waals surface area contributed by atoms with E-state index in [1.165, 1.54) is 0 Å². The number of aryl methyl sites for hydroxylation is 1. The number of amides is 1. The van der Waals surface area contributed by atoms with E-state index in [4.69, 9.17) is 16.6 Å². The van der Waals surface area contributed by atoms with Crippen LogP contribution < -0.4 is 0 Å². The Kier molecular flexibility index (Phi) is 4.17. The van der Waals surface area contributed by atoms with Crippen LogP contribution in [0, 0.1) is 0 Å². The van der Waals surface area contributed by atoms with Crippen LogP contribution in [0.15, 0.2) is 42.6 Å². The van der Waals surface area contributed by atoms with E-state index in [2.05, 4.69) is 4.98 Å². The van der Waals surface area contributed by atoms with Crippen molar-refractivity contribution in [1.82, 2.24) is 19.4 Å². The maximum absolute atomic E-state index is 12.6. The lowest BCUT2D eigenvalue weighted by Gasteiger charge is -2.17. The van der Waals surface area contributed by atoms with Crippen LogP contribution in [-0.4, -0.2) is 38.4 Å². The Morgan fingerprint density at radius 1 is 1.28 bits per heavy atom. The molecule has 128 valence electrons. The first-order valence-electron chi connectivity index (χ1n) is 8.42. The third-order valence-electron chi connectivity index (χ3n) is 4.87. The zero-order valence-corrected chi connectivity index (χ0v) is 14.8. The average molecular weight is 355 g/mol. The van der Waals surface area contributed by atoms with Gasteiger partial charge in [0.25, 0.3) is 0 Å². The maximum atomic E-state index is 12.6. The number of nitrogens with zero attached hydrogens (tertiary/aromatic N) is 4. The molecule has 1 aromatic carbocycles. The Labute approximate surface area is 151 Å². The molecule has 25 heavy (non-hydrogen) atoms. The molecule has 0 N–H and O–H groups in total. The topological polar surface area (TPSA) is 51.0 Å². The second-order valence-corrected chi connectivity index (χ2v) is 6.88. The molecule has 0 spiro atoms. The SMILES string of the molecule is Cn1c(C2CCN(C(=O)Cc3ccccc3Cl)C2)nc2cccnc21. The Balaban J connectivity index is 1.50. The number of rotatable bonds is 3. The van der Waals surface area contributed by atoms with Gasteiger partial charge in [-0.3, -0.25) is 4.79 Å². The molecule has 5 nitrogen and oxygen atoms in total. The summed E-state index contributed by atoms with van der Waals surface area (Å²) in [4.78, 5) is 23.7. The maximum Gasteiger partial charge on any atom is 0.227 e. The monoisotopic (exact) mass is 354 g/mol. The molecule has 6 heteroatoms. The summed E-state index contributed by atoms with van der Waals surface area (Å²) < 4.78 is 2.04. The Morgan fingerprint density at radius 2 is 2.12 bits per heavy atom. The minimum atomic E-state index is 0.118. The van der Waals surface area contributed by atoms with E-state index in [0.29, 0.717) is 18.0 Å². The molecule has 3 aromatic rings. The van der Waals surface area contributed by atoms with Crippen LogP contribution in [0.25, 0.3) is 11.2 Å². The fraction of sp³-hybridized carbons (Fsp3) is 0.316. The molecule has 1 aliphatic heterocycles. The fourth-order valence-corrected chi connectivity index (χ4v) is 3.72. The number of fused-ring (bicyclic) bond motifs is 1. The largest absolute Gasteiger partial charge is 0.342 e. The predicted octanol–water partition coefficient (Wildman–Crippen LogP) is 3.18. The quantitative estimate of drug-likeness (QED) is 0.725. The second kappa shape index (κ2) is 6.48. The van der Waals surface area contributed by atoms with Gasteiger partial charge >= 0.3 is 0 Å². The van der Waals surface area contributed by atoms with Crippen molar-refractivity contribution < 1.29 is 4.79 Å². The van der Waals surface area contributed by atoms with Gasteiger partial charge in [0.2, 0.25) is 5.91 Å². The zero-order valence-electron chi connectivity index (χ0n) is 14.0. The number of carbonyl (C=O) groups excluding carboxylic acids is 1. The first-order valence-corrected chi connectivity index (χ1v) is 8.80. The summed E-state index contributed by atoms with van der Waals surface area (Å²) in [6, 6.07) is 11.4. The van der Waals surface area contributed by atoms with Crippen LogP contribution in [-0.2, 0) is 18.3 Å². The van der Waals surface area contributed by atoms with Gasteiger partial charge in [-0.25, -0.2) is 9.97 Å². The highest BCUT2D eigenvalue weighted by Crippen LogP contribution is 2.29. The van der Waals surface area contributed by atoms with Gasteiger partial charge in [-0.1, -0.05) is 29.8 Å². The molecule has 2 aromatic heterocycles. The van der Waals surface area contributed by atoms with E-state index in [0.717, 1.165) is 35.5 Å². The van der Waals surface area contributed by atoms with E-state index in [1.807, 2.05) is 52.9 Å². The number of likely N-dealkylation sites (tertiary alicyclic amines) is 1. The van der Waals surface area contributed by atoms with E-state index in [9.17, 15) is 4.79 Å². The first-order chi connectivity index (χ1) is 12.1. The van der Waals surface area contributed by atoms with E-state index >= 15 is 0 Å². The molecule has 1 fully saturated rings. The molecule has 0 saturated carbocycles. The van der Waals surface area contributed by atoms with Crippen molar-refractivity contribution in [2.45, 2.75) is 18.8 Å². The van der Waals surface area contributed by atoms with Crippen LogP contribution in [0.2, 0.25) is 5.02 Å². The van der Waals surface area contributed by atoms with Crippen LogP contribution in [0.5, 0.6) is 0 Å². The minimum Gasteiger partial charge on any atom is -0.342 e. The highest BCUT2D eigenvalue weighted by atomic mass is 35.5. The molecule has 1 saturated heterocycles. The van der Waals surface area contributed by atoms with Crippen molar-refractivity contribution in [2.75, 3.05) is 13.1 Å². The summed E-state index contributed by atoms with van der Waals surface area (Å²) in [7, 11) is 1.99. The molecule has 4 rings (SSSR count). The number of aromatic nitrogens is 3. The Bertz CT molecular complexity index is 936. The Morgan fingerprint density at radius 3 is 2.92 bits per heavy atom. The van der Waals surface area contributed by atoms with Gasteiger partial charge < -0.3 is 9.47 Å². The van der Waals surface area contributed by atoms with E-state index in [-0.39, 0.29) is 11.8 Å². The number of hydrogen-bond acceptors (Lipinski definition) is 3. The van der Waals surface area contributed by atoms with Gasteiger partial charge in [-0.15, -0.1) is 0 Å². The molecule has 1 aliphatic rings. The molecule has 1 unspecified atom stereocenters. The standard InChI is InChI=1S/C19H19ClN4O/c1-23-18(22-16-7-4-9-21-19(16)23)14-8-10-24(12-14)17(25)11-13-5-2-3-6-15(13)20/h2-7,9,14H,8,10-12H2,1H3. The minimum absolute atomic E-state index is 0.118. The van der Waals surface area contributed by atoms with Crippen molar-refractivity contribution in [3.8, 4) is 0 Å². The number of halogens is 1. The number of benzene rings is 1. The van der Waals surface area contributed by atoms with Crippen LogP contribution in [0.1, 0.15) is 23.7 Å². The van der Waals surface area contributed by atoms with Gasteiger partial charge in [0, 0.05) is 37.3 Å². The molecule has 0 bridgehead atoms. The van der Waals surface area contributed by atoms with Gasteiger partial charge in [0.15, 0.2) is 5.65 Å². The zero-order chi connectivity index (χ0) is 17.4. The number of hydrogen-bond donors (Lipinski definition) is 0. The van der Waals surface area contributed by atoms with E-state index < -0.39 is 0 Å². The molecule has 0 radical (unpaired) electrons. The van der Waals surface area contributed by atoms with Crippen LogP contribution >= 0.6 is 11.6 Å². The summed E-state index contributed by atoms with van der Waals surface area (Å²) in [5.74, 6) is 1.36. The third-order valence-corrected chi connectivity index (χ3v) is 5.24. The van der Waals surface area contributed by atoms with Gasteiger partial charge in [-0.05, 0) is 30.2 Å². The van der Waals surface area contributed by atoms with Crippen molar-refractivity contribution in [1.29, 1.82) is 0 Å². The first kappa shape index (κ1) is 16.1. The molecule has 1 atom stereocenters. The summed E-state index contributed by atoms with van der Waals surface area (Å²) >= 11 is 6.17. The lowest BCUT2D eigenvalue weighted by atomic mass is 10.1. The molecule has 0 aliphatic carbocycles. The smallest absolute Gasteiger partial charge is 0.227 e. The van der Waals surface area contributed by atoms with Crippen molar-refractivity contribution >= 4 is 28.7 Å². The number of carbonyl (C=O) groups is 1. The van der Waals surface area contributed by atoms with Crippen molar-refractivity contribution in [3.63, 3.8) is 0 Å². The number of imidazole rings is 1. The Hall–Kier alpha value is -2.40. The second-order valence-electron chi connectivity index (χ2n) is 6.47. The molecular formula is C19H19ClN4O. The van der Waals surface area contributed by atoms with Gasteiger partial charge in [0.1, 0.15) is 11.3 Å². The fourth-order valence-electron chi connectivity index (χ4n) is 3.52. The van der Waals surface area contributed by atoms with E-state index in [1.54, 1.807) is 6.20 Å². The van der Waals surface area contributed by atoms with Crippen LogP contribution in [0.3, 0.4) is 0 Å². The molecule has 3 heterocycles. The summed E-state index contributed by atoms with van der Waals surface area (Å²) in [5.41, 5.74) is 2.67. The summed E-state index contributed by atoms with van der Waals surface area (Å²) in [5, 5.41) is 0.646. The lowest BCUT2D eigenvalue weighted by molar-refractivity contribution is -0.129. The average Bonchev–Trinajstić information content (AvgIpc) is 3.22.